The Kier molecular flexibility index (Phi) is 7.32. The molecule has 0 amide bonds. The van der Waals surface area contributed by atoms with Gasteiger partial charge in [-0.15, -0.1) is 0 Å². The number of carbonyl (C=O) groups excluding carboxylic acids is 1. The van der Waals surface area contributed by atoms with Gasteiger partial charge in [0.15, 0.2) is 17.3 Å². The molecule has 156 valence electrons. The fourth-order valence-corrected chi connectivity index (χ4v) is 3.61. The standard InChI is InChI=1S/C24H30O5/c1-16-7-6-12-24(2,3)20(16)11-10-19(26)15-18(25)9-8-17-13-21(28-4)23(27)22(14-17)29-5/h8-11,13-15,25,27H,6-7,12H2,1-5H3/b9-8+,11-10+,18-15-. The van der Waals surface area contributed by atoms with Crippen LogP contribution in [0.15, 0.2) is 53.3 Å². The van der Waals surface area contributed by atoms with Gasteiger partial charge in [0.05, 0.1) is 14.2 Å². The molecule has 0 spiro atoms. The van der Waals surface area contributed by atoms with Gasteiger partial charge in [-0.25, -0.2) is 0 Å². The van der Waals surface area contributed by atoms with Crippen LogP contribution in [-0.2, 0) is 4.79 Å². The van der Waals surface area contributed by atoms with Gasteiger partial charge in [-0.3, -0.25) is 4.79 Å². The molecular formula is C24H30O5. The number of allylic oxidation sites excluding steroid dienone is 6. The third-order valence-corrected chi connectivity index (χ3v) is 5.20. The number of benzene rings is 1. The smallest absolute Gasteiger partial charge is 0.200 e. The van der Waals surface area contributed by atoms with E-state index in [1.807, 2.05) is 6.08 Å². The van der Waals surface area contributed by atoms with Gasteiger partial charge in [-0.2, -0.15) is 0 Å². The van der Waals surface area contributed by atoms with E-state index in [9.17, 15) is 15.0 Å². The number of ketones is 1. The van der Waals surface area contributed by atoms with Crippen molar-refractivity contribution in [2.75, 3.05) is 14.2 Å². The van der Waals surface area contributed by atoms with E-state index in [0.29, 0.717) is 5.56 Å². The number of aromatic hydroxyl groups is 1. The van der Waals surface area contributed by atoms with Crippen LogP contribution in [0.2, 0.25) is 0 Å². The number of phenolic OH excluding ortho intramolecular Hbond substituents is 1. The number of rotatable bonds is 7. The lowest BCUT2D eigenvalue weighted by atomic mass is 9.72. The summed E-state index contributed by atoms with van der Waals surface area (Å²) in [5, 5.41) is 20.0. The summed E-state index contributed by atoms with van der Waals surface area (Å²) < 4.78 is 10.2. The average molecular weight is 398 g/mol. The number of aliphatic hydroxyl groups is 1. The summed E-state index contributed by atoms with van der Waals surface area (Å²) >= 11 is 0. The lowest BCUT2D eigenvalue weighted by Crippen LogP contribution is -2.19. The molecule has 5 heteroatoms. The van der Waals surface area contributed by atoms with E-state index in [-0.39, 0.29) is 34.2 Å². The van der Waals surface area contributed by atoms with Crippen molar-refractivity contribution in [3.8, 4) is 17.2 Å². The van der Waals surface area contributed by atoms with Gasteiger partial charge >= 0.3 is 0 Å². The molecule has 2 rings (SSSR count). The van der Waals surface area contributed by atoms with Crippen molar-refractivity contribution < 1.29 is 24.5 Å². The van der Waals surface area contributed by atoms with E-state index in [1.165, 1.54) is 50.0 Å². The molecular weight excluding hydrogens is 368 g/mol. The Labute approximate surface area is 172 Å². The molecule has 0 unspecified atom stereocenters. The number of hydrogen-bond donors (Lipinski definition) is 2. The summed E-state index contributed by atoms with van der Waals surface area (Å²) in [7, 11) is 2.88. The second-order valence-electron chi connectivity index (χ2n) is 7.84. The highest BCUT2D eigenvalue weighted by molar-refractivity contribution is 6.00. The molecule has 29 heavy (non-hydrogen) atoms. The minimum Gasteiger partial charge on any atom is -0.508 e. The van der Waals surface area contributed by atoms with Crippen LogP contribution in [0.3, 0.4) is 0 Å². The molecule has 0 heterocycles. The highest BCUT2D eigenvalue weighted by Crippen LogP contribution is 2.40. The van der Waals surface area contributed by atoms with Crippen LogP contribution < -0.4 is 9.47 Å². The van der Waals surface area contributed by atoms with Crippen LogP contribution in [0.5, 0.6) is 17.2 Å². The molecule has 0 atom stereocenters. The fraction of sp³-hybridized carbons (Fsp3) is 0.375. The van der Waals surface area contributed by atoms with E-state index >= 15 is 0 Å². The molecule has 0 radical (unpaired) electrons. The van der Waals surface area contributed by atoms with Crippen molar-refractivity contribution in [1.82, 2.24) is 0 Å². The van der Waals surface area contributed by atoms with Gasteiger partial charge in [0.2, 0.25) is 5.75 Å². The SMILES string of the molecule is COc1cc(/C=C/C(O)=C/C(=O)/C=C/C2=C(C)CCCC2(C)C)cc(OC)c1O. The van der Waals surface area contributed by atoms with E-state index in [1.54, 1.807) is 18.2 Å². The summed E-state index contributed by atoms with van der Waals surface area (Å²) in [5.41, 5.74) is 3.21. The lowest BCUT2D eigenvalue weighted by molar-refractivity contribution is -0.110. The third-order valence-electron chi connectivity index (χ3n) is 5.20. The topological polar surface area (TPSA) is 76.0 Å². The van der Waals surface area contributed by atoms with Crippen molar-refractivity contribution in [1.29, 1.82) is 0 Å². The largest absolute Gasteiger partial charge is 0.508 e. The van der Waals surface area contributed by atoms with Gasteiger partial charge in [-0.05, 0) is 67.0 Å². The Morgan fingerprint density at radius 3 is 2.28 bits per heavy atom. The van der Waals surface area contributed by atoms with Crippen molar-refractivity contribution >= 4 is 11.9 Å². The molecule has 1 aromatic carbocycles. The van der Waals surface area contributed by atoms with Crippen molar-refractivity contribution in [2.45, 2.75) is 40.0 Å². The van der Waals surface area contributed by atoms with E-state index in [4.69, 9.17) is 9.47 Å². The van der Waals surface area contributed by atoms with E-state index in [2.05, 4.69) is 20.8 Å². The minimum atomic E-state index is -0.283. The number of aliphatic hydroxyl groups excluding tert-OH is 1. The van der Waals surface area contributed by atoms with Crippen LogP contribution in [0.4, 0.5) is 0 Å². The van der Waals surface area contributed by atoms with Crippen LogP contribution >= 0.6 is 0 Å². The quantitative estimate of drug-likeness (QED) is 0.359. The summed E-state index contributed by atoms with van der Waals surface area (Å²) in [5.74, 6) is -0.0353. The maximum atomic E-state index is 12.2. The molecule has 0 aliphatic heterocycles. The lowest BCUT2D eigenvalue weighted by Gasteiger charge is -2.32. The molecule has 1 aromatic rings. The normalized spacial score (nSPS) is 17.2. The number of ether oxygens (including phenoxy) is 2. The van der Waals surface area contributed by atoms with E-state index in [0.717, 1.165) is 12.8 Å². The average Bonchev–Trinajstić information content (AvgIpc) is 2.66. The Morgan fingerprint density at radius 2 is 1.72 bits per heavy atom. The van der Waals surface area contributed by atoms with Gasteiger partial charge < -0.3 is 19.7 Å². The van der Waals surface area contributed by atoms with Gasteiger partial charge in [0, 0.05) is 6.08 Å². The molecule has 0 aromatic heterocycles. The zero-order valence-corrected chi connectivity index (χ0v) is 17.8. The molecule has 5 nitrogen and oxygen atoms in total. The van der Waals surface area contributed by atoms with Crippen molar-refractivity contribution in [3.63, 3.8) is 0 Å². The second-order valence-corrected chi connectivity index (χ2v) is 7.84. The van der Waals surface area contributed by atoms with Crippen molar-refractivity contribution in [2.24, 2.45) is 5.41 Å². The number of hydrogen-bond acceptors (Lipinski definition) is 5. The zero-order valence-electron chi connectivity index (χ0n) is 17.8. The number of carbonyl (C=O) groups is 1. The van der Waals surface area contributed by atoms with Crippen LogP contribution in [0, 0.1) is 5.41 Å². The summed E-state index contributed by atoms with van der Waals surface area (Å²) in [4.78, 5) is 12.2. The first-order valence-corrected chi connectivity index (χ1v) is 9.64. The van der Waals surface area contributed by atoms with E-state index < -0.39 is 0 Å². The highest BCUT2D eigenvalue weighted by Gasteiger charge is 2.26. The minimum absolute atomic E-state index is 0.0573. The molecule has 1 aliphatic carbocycles. The Bertz CT molecular complexity index is 860. The molecule has 1 aliphatic rings. The number of methoxy groups -OCH3 is 2. The summed E-state index contributed by atoms with van der Waals surface area (Å²) in [6.07, 6.45) is 10.9. The predicted molar refractivity (Wildman–Crippen MR) is 115 cm³/mol. The Balaban J connectivity index is 2.14. The third kappa shape index (κ3) is 5.76. The summed E-state index contributed by atoms with van der Waals surface area (Å²) in [6.45, 7) is 6.49. The van der Waals surface area contributed by atoms with Crippen LogP contribution in [0.1, 0.15) is 45.6 Å². The van der Waals surface area contributed by atoms with Gasteiger partial charge in [0.25, 0.3) is 0 Å². The predicted octanol–water partition coefficient (Wildman–Crippen LogP) is 5.52. The first-order chi connectivity index (χ1) is 13.7. The van der Waals surface area contributed by atoms with Gasteiger partial charge in [0.1, 0.15) is 5.76 Å². The second kappa shape index (κ2) is 9.50. The molecule has 0 saturated carbocycles. The van der Waals surface area contributed by atoms with Crippen LogP contribution in [0.25, 0.3) is 6.08 Å². The Morgan fingerprint density at radius 1 is 1.10 bits per heavy atom. The maximum Gasteiger partial charge on any atom is 0.200 e. The molecule has 0 saturated heterocycles. The molecule has 2 N–H and O–H groups in total. The first-order valence-electron chi connectivity index (χ1n) is 9.64. The van der Waals surface area contributed by atoms with Crippen LogP contribution in [-0.4, -0.2) is 30.2 Å². The first kappa shape index (κ1) is 22.3. The van der Waals surface area contributed by atoms with Gasteiger partial charge in [-0.1, -0.05) is 31.6 Å². The number of phenols is 1. The maximum absolute atomic E-state index is 12.2. The monoisotopic (exact) mass is 398 g/mol. The van der Waals surface area contributed by atoms with Crippen molar-refractivity contribution in [3.05, 3.63) is 58.9 Å². The zero-order chi connectivity index (χ0) is 21.6. The summed E-state index contributed by atoms with van der Waals surface area (Å²) in [6, 6.07) is 3.20. The molecule has 0 fully saturated rings. The highest BCUT2D eigenvalue weighted by atomic mass is 16.5. The fourth-order valence-electron chi connectivity index (χ4n) is 3.61. The Hall–Kier alpha value is -2.95. The molecule has 0 bridgehead atoms.